The van der Waals surface area contributed by atoms with E-state index in [1.54, 1.807) is 0 Å². The fourth-order valence-electron chi connectivity index (χ4n) is 3.40. The monoisotopic (exact) mass is 422 g/mol. The van der Waals surface area contributed by atoms with Crippen LogP contribution in [0.5, 0.6) is 0 Å². The summed E-state index contributed by atoms with van der Waals surface area (Å²) in [4.78, 5) is 14.6. The highest BCUT2D eigenvalue weighted by molar-refractivity contribution is 6.51. The van der Waals surface area contributed by atoms with Gasteiger partial charge in [-0.1, -0.05) is 36.2 Å². The van der Waals surface area contributed by atoms with Crippen LogP contribution < -0.4 is 5.32 Å². The molecular formula is C18H22Cl4N2O. The van der Waals surface area contributed by atoms with Crippen LogP contribution in [0.4, 0.5) is 0 Å². The van der Waals surface area contributed by atoms with E-state index in [1.807, 2.05) is 25.1 Å². The normalized spacial score (nSPS) is 26.4. The van der Waals surface area contributed by atoms with E-state index in [0.717, 1.165) is 38.0 Å². The average molecular weight is 424 g/mol. The Morgan fingerprint density at radius 1 is 1.24 bits per heavy atom. The van der Waals surface area contributed by atoms with E-state index in [4.69, 9.17) is 46.4 Å². The van der Waals surface area contributed by atoms with Crippen molar-refractivity contribution in [3.63, 3.8) is 0 Å². The molecule has 25 heavy (non-hydrogen) atoms. The van der Waals surface area contributed by atoms with E-state index >= 15 is 0 Å². The van der Waals surface area contributed by atoms with Gasteiger partial charge in [0.15, 0.2) is 0 Å². The van der Waals surface area contributed by atoms with Gasteiger partial charge in [0.2, 0.25) is 5.91 Å². The number of hydrogen-bond acceptors (Lipinski definition) is 2. The summed E-state index contributed by atoms with van der Waals surface area (Å²) in [6, 6.07) is 5.97. The third-order valence-corrected chi connectivity index (χ3v) is 7.18. The van der Waals surface area contributed by atoms with E-state index in [0.29, 0.717) is 22.9 Å². The second-order valence-corrected chi connectivity index (χ2v) is 9.78. The van der Waals surface area contributed by atoms with Gasteiger partial charge in [-0.05, 0) is 37.0 Å². The lowest BCUT2D eigenvalue weighted by molar-refractivity contribution is -0.123. The summed E-state index contributed by atoms with van der Waals surface area (Å²) in [5.74, 6) is 0.0496. The Morgan fingerprint density at radius 3 is 2.44 bits per heavy atom. The maximum absolute atomic E-state index is 12.2. The van der Waals surface area contributed by atoms with Crippen LogP contribution >= 0.6 is 46.4 Å². The molecule has 1 heterocycles. The fourth-order valence-corrected chi connectivity index (χ4v) is 4.45. The topological polar surface area (TPSA) is 32.3 Å². The van der Waals surface area contributed by atoms with Crippen molar-refractivity contribution >= 4 is 52.3 Å². The zero-order chi connectivity index (χ0) is 18.2. The van der Waals surface area contributed by atoms with Crippen LogP contribution in [-0.2, 0) is 11.3 Å². The second-order valence-electron chi connectivity index (χ2n) is 7.49. The van der Waals surface area contributed by atoms with E-state index in [2.05, 4.69) is 10.2 Å². The Balaban J connectivity index is 1.42. The van der Waals surface area contributed by atoms with Crippen LogP contribution in [0.1, 0.15) is 38.2 Å². The van der Waals surface area contributed by atoms with Gasteiger partial charge in [0.05, 0.1) is 10.0 Å². The van der Waals surface area contributed by atoms with Crippen molar-refractivity contribution in [3.8, 4) is 0 Å². The molecule has 0 radical (unpaired) electrons. The highest BCUT2D eigenvalue weighted by Crippen LogP contribution is 2.65. The Morgan fingerprint density at radius 2 is 1.88 bits per heavy atom. The van der Waals surface area contributed by atoms with Gasteiger partial charge in [-0.25, -0.2) is 0 Å². The minimum absolute atomic E-state index is 0.0496. The first kappa shape index (κ1) is 19.6. The number of carbonyl (C=O) groups is 1. The maximum Gasteiger partial charge on any atom is 0.220 e. The number of nitrogens with one attached hydrogen (secondary N) is 1. The smallest absolute Gasteiger partial charge is 0.220 e. The minimum Gasteiger partial charge on any atom is -0.353 e. The molecular weight excluding hydrogens is 402 g/mol. The Labute approximate surface area is 168 Å². The first-order valence-corrected chi connectivity index (χ1v) is 10.0. The number of alkyl halides is 2. The van der Waals surface area contributed by atoms with E-state index < -0.39 is 4.33 Å². The number of carbonyl (C=O) groups excluding carboxylic acids is 1. The highest BCUT2D eigenvalue weighted by Gasteiger charge is 2.63. The van der Waals surface area contributed by atoms with E-state index in [9.17, 15) is 4.79 Å². The van der Waals surface area contributed by atoms with Crippen LogP contribution in [0.3, 0.4) is 0 Å². The molecule has 0 bridgehead atoms. The van der Waals surface area contributed by atoms with E-state index in [-0.39, 0.29) is 17.4 Å². The summed E-state index contributed by atoms with van der Waals surface area (Å²) >= 11 is 24.3. The van der Waals surface area contributed by atoms with Crippen molar-refractivity contribution in [1.29, 1.82) is 0 Å². The summed E-state index contributed by atoms with van der Waals surface area (Å²) in [5, 5.41) is 4.30. The second kappa shape index (κ2) is 7.44. The highest BCUT2D eigenvalue weighted by atomic mass is 35.5. The Kier molecular flexibility index (Phi) is 5.82. The molecule has 1 aliphatic carbocycles. The summed E-state index contributed by atoms with van der Waals surface area (Å²) in [5.41, 5.74) is 0.869. The number of rotatable bonds is 5. The molecule has 138 valence electrons. The molecule has 0 spiro atoms. The third-order valence-electron chi connectivity index (χ3n) is 5.26. The molecule has 3 nitrogen and oxygen atoms in total. The molecule has 2 fully saturated rings. The third kappa shape index (κ3) is 4.75. The number of nitrogens with zero attached hydrogens (tertiary/aromatic N) is 1. The summed E-state index contributed by atoms with van der Waals surface area (Å²) in [7, 11) is 0. The molecule has 3 rings (SSSR count). The number of benzene rings is 1. The van der Waals surface area contributed by atoms with Crippen LogP contribution in [-0.4, -0.2) is 34.3 Å². The number of likely N-dealkylation sites (tertiary alicyclic amines) is 1. The van der Waals surface area contributed by atoms with Gasteiger partial charge in [-0.15, -0.1) is 23.2 Å². The molecule has 1 aliphatic heterocycles. The van der Waals surface area contributed by atoms with Gasteiger partial charge in [-0.3, -0.25) is 9.69 Å². The number of hydrogen-bond donors (Lipinski definition) is 1. The van der Waals surface area contributed by atoms with Gasteiger partial charge in [-0.2, -0.15) is 0 Å². The van der Waals surface area contributed by atoms with E-state index in [1.165, 1.54) is 0 Å². The molecule has 1 amide bonds. The fraction of sp³-hybridized carbons (Fsp3) is 0.611. The van der Waals surface area contributed by atoms with Gasteiger partial charge >= 0.3 is 0 Å². The van der Waals surface area contributed by atoms with Gasteiger partial charge < -0.3 is 5.32 Å². The zero-order valence-electron chi connectivity index (χ0n) is 14.1. The molecule has 1 aromatic carbocycles. The van der Waals surface area contributed by atoms with Gasteiger partial charge in [0.1, 0.15) is 4.33 Å². The molecule has 1 saturated carbocycles. The SMILES string of the molecule is CC1(CC(=O)NC2CCN(Cc3ccc(Cl)c(Cl)c3)CC2)CC1(Cl)Cl. The number of halogens is 4. The first-order chi connectivity index (χ1) is 11.7. The van der Waals surface area contributed by atoms with Gasteiger partial charge in [0.25, 0.3) is 0 Å². The average Bonchev–Trinajstić information content (AvgIpc) is 3.02. The van der Waals surface area contributed by atoms with Gasteiger partial charge in [0, 0.05) is 37.5 Å². The van der Waals surface area contributed by atoms with Crippen molar-refractivity contribution in [3.05, 3.63) is 33.8 Å². The lowest BCUT2D eigenvalue weighted by atomic mass is 10.0. The lowest BCUT2D eigenvalue weighted by Crippen LogP contribution is -2.44. The van der Waals surface area contributed by atoms with Crippen LogP contribution in [0.15, 0.2) is 18.2 Å². The molecule has 7 heteroatoms. The molecule has 0 aromatic heterocycles. The largest absolute Gasteiger partial charge is 0.353 e. The van der Waals surface area contributed by atoms with Crippen LogP contribution in [0.2, 0.25) is 10.0 Å². The molecule has 1 aromatic rings. The standard InChI is InChI=1S/C18H22Cl4N2O/c1-17(11-18(17,21)22)9-16(25)23-13-4-6-24(7-5-13)10-12-2-3-14(19)15(20)8-12/h2-3,8,13H,4-7,9-11H2,1H3,(H,23,25). The number of piperidine rings is 1. The van der Waals surface area contributed by atoms with Crippen molar-refractivity contribution in [2.75, 3.05) is 13.1 Å². The Hall–Kier alpha value is -0.190. The quantitative estimate of drug-likeness (QED) is 0.672. The number of amides is 1. The predicted molar refractivity (Wildman–Crippen MR) is 105 cm³/mol. The van der Waals surface area contributed by atoms with Crippen LogP contribution in [0.25, 0.3) is 0 Å². The molecule has 1 atom stereocenters. The van der Waals surface area contributed by atoms with Crippen LogP contribution in [0, 0.1) is 5.41 Å². The molecule has 1 saturated heterocycles. The lowest BCUT2D eigenvalue weighted by Gasteiger charge is -2.32. The zero-order valence-corrected chi connectivity index (χ0v) is 17.2. The minimum atomic E-state index is -0.743. The van der Waals surface area contributed by atoms with Crippen molar-refractivity contribution < 1.29 is 4.79 Å². The first-order valence-electron chi connectivity index (χ1n) is 8.52. The van der Waals surface area contributed by atoms with Crippen molar-refractivity contribution in [2.45, 2.75) is 49.5 Å². The van der Waals surface area contributed by atoms with Crippen molar-refractivity contribution in [1.82, 2.24) is 10.2 Å². The predicted octanol–water partition coefficient (Wildman–Crippen LogP) is 5.05. The summed E-state index contributed by atoms with van der Waals surface area (Å²) < 4.78 is -0.743. The maximum atomic E-state index is 12.2. The molecule has 2 aliphatic rings. The Bertz CT molecular complexity index is 658. The van der Waals surface area contributed by atoms with Crippen molar-refractivity contribution in [2.24, 2.45) is 5.41 Å². The summed E-state index contributed by atoms with van der Waals surface area (Å²) in [6.45, 7) is 4.69. The molecule has 1 unspecified atom stereocenters. The molecule has 1 N–H and O–H groups in total. The summed E-state index contributed by atoms with van der Waals surface area (Å²) in [6.07, 6.45) is 2.95.